The van der Waals surface area contributed by atoms with Gasteiger partial charge in [0.2, 0.25) is 0 Å². The molecule has 1 unspecified atom stereocenters. The third-order valence-electron chi connectivity index (χ3n) is 7.02. The molecular weight excluding hydrogens is 441 g/mol. The van der Waals surface area contributed by atoms with Gasteiger partial charge in [-0.05, 0) is 38.1 Å². The fourth-order valence-electron chi connectivity index (χ4n) is 5.28. The molecule has 1 aromatic carbocycles. The molecule has 0 spiro atoms. The Bertz CT molecular complexity index is 1360. The minimum atomic E-state index is -0.292. The Balaban J connectivity index is 1.07. The van der Waals surface area contributed by atoms with E-state index in [-0.39, 0.29) is 29.0 Å². The molecule has 34 heavy (non-hydrogen) atoms. The summed E-state index contributed by atoms with van der Waals surface area (Å²) in [5, 5.41) is 3.47. The van der Waals surface area contributed by atoms with Gasteiger partial charge in [-0.3, -0.25) is 18.7 Å². The lowest BCUT2D eigenvalue weighted by atomic mass is 10.0. The predicted octanol–water partition coefficient (Wildman–Crippen LogP) is 1.28. The van der Waals surface area contributed by atoms with Gasteiger partial charge in [-0.1, -0.05) is 0 Å². The fraction of sp³-hybridized carbons (Fsp3) is 0.458. The van der Waals surface area contributed by atoms with Crippen LogP contribution < -0.4 is 25.9 Å². The Morgan fingerprint density at radius 2 is 1.82 bits per heavy atom. The van der Waals surface area contributed by atoms with Gasteiger partial charge >= 0.3 is 0 Å². The van der Waals surface area contributed by atoms with Crippen LogP contribution >= 0.6 is 0 Å². The maximum absolute atomic E-state index is 14.4. The molecule has 5 heterocycles. The number of pyridine rings is 1. The first-order valence-electron chi connectivity index (χ1n) is 11.7. The summed E-state index contributed by atoms with van der Waals surface area (Å²) in [4.78, 5) is 31.4. The van der Waals surface area contributed by atoms with Crippen molar-refractivity contribution in [1.29, 1.82) is 0 Å². The second-order valence-electron chi connectivity index (χ2n) is 9.15. The smallest absolute Gasteiger partial charge is 0.270 e. The molecule has 3 aliphatic heterocycles. The number of rotatable bonds is 5. The van der Waals surface area contributed by atoms with E-state index in [1.807, 2.05) is 0 Å². The second kappa shape index (κ2) is 8.52. The van der Waals surface area contributed by atoms with E-state index in [1.54, 1.807) is 21.3 Å². The van der Waals surface area contributed by atoms with E-state index in [0.717, 1.165) is 25.9 Å². The van der Waals surface area contributed by atoms with Crippen LogP contribution in [0.3, 0.4) is 0 Å². The number of likely N-dealkylation sites (tertiary alicyclic amines) is 1. The van der Waals surface area contributed by atoms with E-state index in [0.29, 0.717) is 61.1 Å². The van der Waals surface area contributed by atoms with Gasteiger partial charge in [-0.2, -0.15) is 0 Å². The number of hydrogen-bond acceptors (Lipinski definition) is 7. The Kier molecular flexibility index (Phi) is 5.34. The number of halogens is 1. The SMILES string of the molecule is O=c1ccc2ncc(=O)n3c2n1CC3CN1CCC(NCc2cc3c(cc2F)OCCO3)CC1. The van der Waals surface area contributed by atoms with Crippen LogP contribution in [0.25, 0.3) is 11.2 Å². The monoisotopic (exact) mass is 467 g/mol. The summed E-state index contributed by atoms with van der Waals surface area (Å²) in [5.41, 5.74) is 1.57. The molecule has 6 rings (SSSR count). The van der Waals surface area contributed by atoms with E-state index >= 15 is 0 Å². The van der Waals surface area contributed by atoms with Gasteiger partial charge < -0.3 is 19.7 Å². The zero-order chi connectivity index (χ0) is 23.2. The predicted molar refractivity (Wildman–Crippen MR) is 123 cm³/mol. The molecule has 1 saturated heterocycles. The minimum absolute atomic E-state index is 0.0931. The molecule has 10 heteroatoms. The van der Waals surface area contributed by atoms with Crippen molar-refractivity contribution in [3.05, 3.63) is 62.6 Å². The highest BCUT2D eigenvalue weighted by atomic mass is 19.1. The normalized spacial score (nSPS) is 20.2. The van der Waals surface area contributed by atoms with Crippen molar-refractivity contribution in [3.8, 4) is 11.5 Å². The Morgan fingerprint density at radius 3 is 2.62 bits per heavy atom. The highest BCUT2D eigenvalue weighted by molar-refractivity contribution is 5.71. The van der Waals surface area contributed by atoms with Gasteiger partial charge in [0.25, 0.3) is 11.1 Å². The van der Waals surface area contributed by atoms with Crippen LogP contribution in [-0.4, -0.2) is 57.9 Å². The quantitative estimate of drug-likeness (QED) is 0.605. The first-order chi connectivity index (χ1) is 16.6. The van der Waals surface area contributed by atoms with Crippen LogP contribution in [-0.2, 0) is 13.1 Å². The van der Waals surface area contributed by atoms with Crippen molar-refractivity contribution in [3.63, 3.8) is 0 Å². The van der Waals surface area contributed by atoms with Crippen molar-refractivity contribution < 1.29 is 13.9 Å². The number of nitrogens with one attached hydrogen (secondary N) is 1. The molecule has 0 radical (unpaired) electrons. The molecule has 1 fully saturated rings. The highest BCUT2D eigenvalue weighted by Gasteiger charge is 2.29. The highest BCUT2D eigenvalue weighted by Crippen LogP contribution is 2.32. The van der Waals surface area contributed by atoms with Crippen molar-refractivity contribution in [1.82, 2.24) is 24.3 Å². The molecule has 9 nitrogen and oxygen atoms in total. The van der Waals surface area contributed by atoms with Gasteiger partial charge in [-0.25, -0.2) is 9.37 Å². The molecule has 1 atom stereocenters. The van der Waals surface area contributed by atoms with Crippen LogP contribution in [0.4, 0.5) is 4.39 Å². The Hall–Kier alpha value is -3.24. The van der Waals surface area contributed by atoms with Gasteiger partial charge in [0, 0.05) is 43.4 Å². The van der Waals surface area contributed by atoms with Crippen molar-refractivity contribution in [2.45, 2.75) is 38.0 Å². The summed E-state index contributed by atoms with van der Waals surface area (Å²) >= 11 is 0. The molecule has 0 saturated carbocycles. The van der Waals surface area contributed by atoms with Gasteiger partial charge in [0.05, 0.1) is 12.2 Å². The number of benzene rings is 1. The molecule has 0 amide bonds. The number of ether oxygens (including phenoxy) is 2. The lowest BCUT2D eigenvalue weighted by Gasteiger charge is -2.34. The van der Waals surface area contributed by atoms with Crippen LogP contribution in [0, 0.1) is 5.82 Å². The lowest BCUT2D eigenvalue weighted by Crippen LogP contribution is -2.44. The minimum Gasteiger partial charge on any atom is -0.486 e. The number of nitrogens with zero attached hydrogens (tertiary/aromatic N) is 4. The van der Waals surface area contributed by atoms with Crippen LogP contribution in [0.5, 0.6) is 11.5 Å². The molecule has 0 bridgehead atoms. The summed E-state index contributed by atoms with van der Waals surface area (Å²) < 4.78 is 28.8. The second-order valence-corrected chi connectivity index (χ2v) is 9.15. The standard InChI is InChI=1S/C24H26FN5O4/c25-18-10-21-20(33-7-8-34-21)9-15(18)11-26-16-3-5-28(6-4-16)13-17-14-29-22(31)2-1-19-24(29)30(17)23(32)12-27-19/h1-2,9-10,12,16-17,26H,3-8,11,13-14H2. The van der Waals surface area contributed by atoms with E-state index in [4.69, 9.17) is 9.47 Å². The zero-order valence-electron chi connectivity index (χ0n) is 18.7. The summed E-state index contributed by atoms with van der Waals surface area (Å²) in [7, 11) is 0. The van der Waals surface area contributed by atoms with Crippen LogP contribution in [0.1, 0.15) is 24.4 Å². The van der Waals surface area contributed by atoms with Crippen molar-refractivity contribution in [2.75, 3.05) is 32.8 Å². The molecular formula is C24H26FN5O4. The van der Waals surface area contributed by atoms with Crippen LogP contribution in [0.2, 0.25) is 0 Å². The Morgan fingerprint density at radius 1 is 1.06 bits per heavy atom. The van der Waals surface area contributed by atoms with Gasteiger partial charge in [-0.15, -0.1) is 0 Å². The molecule has 1 N–H and O–H groups in total. The van der Waals surface area contributed by atoms with E-state index in [1.165, 1.54) is 18.3 Å². The van der Waals surface area contributed by atoms with E-state index in [9.17, 15) is 14.0 Å². The van der Waals surface area contributed by atoms with E-state index in [2.05, 4.69) is 15.2 Å². The maximum atomic E-state index is 14.4. The summed E-state index contributed by atoms with van der Waals surface area (Å²) in [6.07, 6.45) is 3.18. The van der Waals surface area contributed by atoms with Gasteiger partial charge in [0.1, 0.15) is 30.2 Å². The zero-order valence-corrected chi connectivity index (χ0v) is 18.7. The third-order valence-corrected chi connectivity index (χ3v) is 7.02. The molecule has 0 aliphatic carbocycles. The molecule has 178 valence electrons. The topological polar surface area (TPSA) is 90.6 Å². The average molecular weight is 468 g/mol. The first-order valence-corrected chi connectivity index (χ1v) is 11.7. The number of aromatic nitrogens is 3. The maximum Gasteiger partial charge on any atom is 0.270 e. The lowest BCUT2D eigenvalue weighted by molar-refractivity contribution is 0.168. The van der Waals surface area contributed by atoms with Crippen LogP contribution in [0.15, 0.2) is 40.1 Å². The molecule has 3 aliphatic rings. The largest absolute Gasteiger partial charge is 0.486 e. The number of hydrogen-bond donors (Lipinski definition) is 1. The van der Waals surface area contributed by atoms with Gasteiger partial charge in [0.15, 0.2) is 11.5 Å². The molecule has 2 aromatic heterocycles. The fourth-order valence-corrected chi connectivity index (χ4v) is 5.28. The Labute approximate surface area is 194 Å². The van der Waals surface area contributed by atoms with Crippen molar-refractivity contribution in [2.24, 2.45) is 0 Å². The summed E-state index contributed by atoms with van der Waals surface area (Å²) in [6.45, 7) is 4.26. The summed E-state index contributed by atoms with van der Waals surface area (Å²) in [6, 6.07) is 6.49. The number of piperidine rings is 1. The van der Waals surface area contributed by atoms with Crippen molar-refractivity contribution >= 4 is 11.2 Å². The summed E-state index contributed by atoms with van der Waals surface area (Å²) in [5.74, 6) is 0.762. The average Bonchev–Trinajstić information content (AvgIpc) is 3.23. The van der Waals surface area contributed by atoms with E-state index < -0.39 is 0 Å². The first kappa shape index (κ1) is 21.3. The number of fused-ring (bicyclic) bond motifs is 1. The third kappa shape index (κ3) is 3.76. The molecule has 3 aromatic rings.